The van der Waals surface area contributed by atoms with E-state index in [4.69, 9.17) is 5.11 Å². The molecular weight excluding hydrogens is 180 g/mol. The topological polar surface area (TPSA) is 60.1 Å². The van der Waals surface area contributed by atoms with E-state index < -0.39 is 6.01 Å². The Labute approximate surface area is 76.9 Å². The van der Waals surface area contributed by atoms with E-state index in [1.807, 2.05) is 6.92 Å². The molecule has 0 saturated heterocycles. The Bertz CT molecular complexity index is 255. The van der Waals surface area contributed by atoms with Crippen LogP contribution >= 0.6 is 12.4 Å². The van der Waals surface area contributed by atoms with Crippen LogP contribution < -0.4 is 4.73 Å². The van der Waals surface area contributed by atoms with Crippen molar-refractivity contribution in [3.63, 3.8) is 0 Å². The fourth-order valence-corrected chi connectivity index (χ4v) is 0.845. The van der Waals surface area contributed by atoms with Gasteiger partial charge in [0.05, 0.1) is 0 Å². The number of rotatable bonds is 1. The van der Waals surface area contributed by atoms with Gasteiger partial charge in [0.1, 0.15) is 5.69 Å². The van der Waals surface area contributed by atoms with Crippen LogP contribution in [0.2, 0.25) is 0 Å². The van der Waals surface area contributed by atoms with Gasteiger partial charge in [-0.25, -0.2) is 0 Å². The standard InChI is InChI=1S/C7H10N2O2.ClH/c1-3-6-4-5(2)9(11)7(10)8-6;/h4H,3H2,1-2H3,(H,8,10);1H. The predicted molar refractivity (Wildman–Crippen MR) is 46.2 cm³/mol. The van der Waals surface area contributed by atoms with Crippen LogP contribution in [-0.2, 0) is 6.42 Å². The number of halogens is 1. The quantitative estimate of drug-likeness (QED) is 0.524. The third kappa shape index (κ3) is 1.98. The van der Waals surface area contributed by atoms with Crippen LogP contribution in [0.3, 0.4) is 0 Å². The lowest BCUT2D eigenvalue weighted by Crippen LogP contribution is -2.31. The minimum Gasteiger partial charge on any atom is -0.708 e. The highest BCUT2D eigenvalue weighted by molar-refractivity contribution is 5.85. The van der Waals surface area contributed by atoms with Gasteiger partial charge in [0.15, 0.2) is 5.69 Å². The average molecular weight is 191 g/mol. The van der Waals surface area contributed by atoms with Gasteiger partial charge in [-0.15, -0.1) is 12.4 Å². The molecule has 0 unspecified atom stereocenters. The third-order valence-electron chi connectivity index (χ3n) is 1.48. The molecule has 68 valence electrons. The van der Waals surface area contributed by atoms with Gasteiger partial charge in [-0.1, -0.05) is 6.92 Å². The molecule has 4 nitrogen and oxygen atoms in total. The molecule has 1 rings (SSSR count). The van der Waals surface area contributed by atoms with Gasteiger partial charge >= 0.3 is 6.01 Å². The van der Waals surface area contributed by atoms with E-state index in [0.717, 1.165) is 12.1 Å². The molecule has 5 heteroatoms. The second-order valence-corrected chi connectivity index (χ2v) is 2.34. The lowest BCUT2D eigenvalue weighted by molar-refractivity contribution is -0.623. The molecule has 0 bridgehead atoms. The molecule has 1 aromatic heterocycles. The van der Waals surface area contributed by atoms with Crippen LogP contribution in [-0.4, -0.2) is 10.1 Å². The van der Waals surface area contributed by atoms with E-state index in [2.05, 4.69) is 4.98 Å². The summed E-state index contributed by atoms with van der Waals surface area (Å²) < 4.78 is 0.402. The Balaban J connectivity index is 0.00000121. The summed E-state index contributed by atoms with van der Waals surface area (Å²) in [4.78, 5) is 3.66. The molecular formula is C7H11ClN2O2. The Hall–Kier alpha value is -1.03. The van der Waals surface area contributed by atoms with E-state index in [1.165, 1.54) is 0 Å². The minimum absolute atomic E-state index is 0. The Morgan fingerprint density at radius 3 is 2.67 bits per heavy atom. The van der Waals surface area contributed by atoms with Crippen molar-refractivity contribution < 1.29 is 9.84 Å². The first-order valence-electron chi connectivity index (χ1n) is 3.44. The smallest absolute Gasteiger partial charge is 0.499 e. The molecule has 0 aliphatic carbocycles. The number of aromatic nitrogens is 2. The maximum Gasteiger partial charge on any atom is 0.499 e. The number of hydrogen-bond acceptors (Lipinski definition) is 3. The summed E-state index contributed by atoms with van der Waals surface area (Å²) in [5, 5.41) is 19.8. The van der Waals surface area contributed by atoms with E-state index in [9.17, 15) is 5.21 Å². The first-order valence-corrected chi connectivity index (χ1v) is 3.44. The zero-order valence-electron chi connectivity index (χ0n) is 6.94. The van der Waals surface area contributed by atoms with Crippen molar-refractivity contribution in [3.8, 4) is 6.01 Å². The fraction of sp³-hybridized carbons (Fsp3) is 0.429. The normalized spacial score (nSPS) is 9.17. The maximum atomic E-state index is 10.8. The number of nitrogens with zero attached hydrogens (tertiary/aromatic N) is 2. The predicted octanol–water partition coefficient (Wildman–Crippen LogP) is 0.713. The molecule has 0 atom stereocenters. The molecule has 0 aliphatic rings. The summed E-state index contributed by atoms with van der Waals surface area (Å²) in [7, 11) is 0. The van der Waals surface area contributed by atoms with E-state index in [0.29, 0.717) is 10.4 Å². The Morgan fingerprint density at radius 1 is 1.67 bits per heavy atom. The zero-order chi connectivity index (χ0) is 8.43. The van der Waals surface area contributed by atoms with Crippen molar-refractivity contribution in [2.24, 2.45) is 0 Å². The highest BCUT2D eigenvalue weighted by Gasteiger charge is 2.09. The molecule has 1 aromatic rings. The number of hydrogen-bond donors (Lipinski definition) is 1. The van der Waals surface area contributed by atoms with Gasteiger partial charge in [0.2, 0.25) is 0 Å². The Kier molecular flexibility index (Phi) is 3.76. The van der Waals surface area contributed by atoms with Gasteiger partial charge in [0.25, 0.3) is 0 Å². The van der Waals surface area contributed by atoms with Crippen LogP contribution in [0.15, 0.2) is 6.07 Å². The summed E-state index contributed by atoms with van der Waals surface area (Å²) in [5.41, 5.74) is 1.20. The largest absolute Gasteiger partial charge is 0.708 e. The monoisotopic (exact) mass is 190 g/mol. The average Bonchev–Trinajstić information content (AvgIpc) is 1.99. The molecule has 0 saturated carbocycles. The van der Waals surface area contributed by atoms with Gasteiger partial charge in [0, 0.05) is 12.5 Å². The number of aromatic hydroxyl groups is 1. The molecule has 0 aromatic carbocycles. The summed E-state index contributed by atoms with van der Waals surface area (Å²) in [5.74, 6) is 0. The maximum absolute atomic E-state index is 10.8. The lowest BCUT2D eigenvalue weighted by Gasteiger charge is -2.04. The minimum atomic E-state index is -0.471. The van der Waals surface area contributed by atoms with Crippen molar-refractivity contribution in [1.29, 1.82) is 0 Å². The number of aryl methyl sites for hydroxylation is 2. The molecule has 1 N–H and O–H groups in total. The lowest BCUT2D eigenvalue weighted by atomic mass is 10.3. The van der Waals surface area contributed by atoms with Crippen molar-refractivity contribution in [1.82, 2.24) is 4.98 Å². The van der Waals surface area contributed by atoms with E-state index in [-0.39, 0.29) is 12.4 Å². The summed E-state index contributed by atoms with van der Waals surface area (Å²) in [6, 6.07) is 1.19. The van der Waals surface area contributed by atoms with Crippen molar-refractivity contribution >= 4 is 12.4 Å². The second-order valence-electron chi connectivity index (χ2n) is 2.34. The van der Waals surface area contributed by atoms with Crippen LogP contribution in [0.4, 0.5) is 0 Å². The van der Waals surface area contributed by atoms with Gasteiger partial charge in [-0.05, 0) is 11.9 Å². The zero-order valence-corrected chi connectivity index (χ0v) is 7.76. The van der Waals surface area contributed by atoms with E-state index in [1.54, 1.807) is 13.0 Å². The molecule has 0 aliphatic heterocycles. The molecule has 0 fully saturated rings. The molecule has 0 radical (unpaired) electrons. The summed E-state index contributed by atoms with van der Waals surface area (Å²) >= 11 is 0. The second kappa shape index (κ2) is 4.11. The van der Waals surface area contributed by atoms with Crippen LogP contribution in [0.5, 0.6) is 6.01 Å². The van der Waals surface area contributed by atoms with Crippen molar-refractivity contribution in [2.45, 2.75) is 20.3 Å². The SMILES string of the molecule is CCc1cc(C)[n+]([O-])c(O)n1.Cl. The van der Waals surface area contributed by atoms with Gasteiger partial charge in [-0.2, -0.15) is 4.73 Å². The molecule has 0 spiro atoms. The molecule has 1 heterocycles. The van der Waals surface area contributed by atoms with Crippen LogP contribution in [0, 0.1) is 12.1 Å². The van der Waals surface area contributed by atoms with Crippen LogP contribution in [0.25, 0.3) is 0 Å². The van der Waals surface area contributed by atoms with Gasteiger partial charge in [-0.3, -0.25) is 0 Å². The third-order valence-corrected chi connectivity index (χ3v) is 1.48. The van der Waals surface area contributed by atoms with Crippen molar-refractivity contribution in [2.75, 3.05) is 0 Å². The summed E-state index contributed by atoms with van der Waals surface area (Å²) in [6.07, 6.45) is 0.717. The van der Waals surface area contributed by atoms with E-state index >= 15 is 0 Å². The highest BCUT2D eigenvalue weighted by atomic mass is 35.5. The molecule has 12 heavy (non-hydrogen) atoms. The van der Waals surface area contributed by atoms with Crippen molar-refractivity contribution in [3.05, 3.63) is 22.7 Å². The molecule has 0 amide bonds. The first kappa shape index (κ1) is 11.0. The fourth-order valence-electron chi connectivity index (χ4n) is 0.845. The first-order chi connectivity index (χ1) is 5.15. The Morgan fingerprint density at radius 2 is 2.25 bits per heavy atom. The highest BCUT2D eigenvalue weighted by Crippen LogP contribution is 2.02. The summed E-state index contributed by atoms with van der Waals surface area (Å²) in [6.45, 7) is 3.55. The van der Waals surface area contributed by atoms with Crippen LogP contribution in [0.1, 0.15) is 18.3 Å². The van der Waals surface area contributed by atoms with Gasteiger partial charge < -0.3 is 10.3 Å².